The predicted octanol–water partition coefficient (Wildman–Crippen LogP) is 0.194. The first-order chi connectivity index (χ1) is 6.40. The van der Waals surface area contributed by atoms with Crippen molar-refractivity contribution < 1.29 is 28.0 Å². The van der Waals surface area contributed by atoms with Crippen molar-refractivity contribution in [2.24, 2.45) is 4.99 Å². The highest BCUT2D eigenvalue weighted by Crippen LogP contribution is 2.62. The van der Waals surface area contributed by atoms with Crippen LogP contribution >= 0.6 is 15.5 Å². The molecular formula is C4H10N2O6P2. The molecule has 0 saturated carbocycles. The Morgan fingerprint density at radius 1 is 1.79 bits per heavy atom. The zero-order chi connectivity index (χ0) is 10.8. The molecule has 0 aromatic heterocycles. The molecule has 0 fully saturated rings. The van der Waals surface area contributed by atoms with Crippen molar-refractivity contribution in [2.75, 3.05) is 20.2 Å². The van der Waals surface area contributed by atoms with Gasteiger partial charge in [-0.2, -0.15) is 0 Å². The lowest BCUT2D eigenvalue weighted by Gasteiger charge is -2.25. The number of hydrogen-bond donors (Lipinski definition) is 2. The van der Waals surface area contributed by atoms with Gasteiger partial charge in [0.1, 0.15) is 0 Å². The van der Waals surface area contributed by atoms with Crippen molar-refractivity contribution in [3.63, 3.8) is 0 Å². The van der Waals surface area contributed by atoms with Gasteiger partial charge in [0.05, 0.1) is 6.54 Å². The van der Waals surface area contributed by atoms with E-state index in [1.165, 1.54) is 0 Å². The van der Waals surface area contributed by atoms with E-state index in [1.54, 1.807) is 0 Å². The molecule has 2 N–H and O–H groups in total. The van der Waals surface area contributed by atoms with Crippen molar-refractivity contribution in [2.45, 2.75) is 0 Å². The maximum atomic E-state index is 11.3. The average molecular weight is 244 g/mol. The summed E-state index contributed by atoms with van der Waals surface area (Å²) in [4.78, 5) is 22.0. The van der Waals surface area contributed by atoms with E-state index in [0.29, 0.717) is 4.44 Å². The van der Waals surface area contributed by atoms with Crippen molar-refractivity contribution in [1.82, 2.24) is 4.44 Å². The van der Waals surface area contributed by atoms with E-state index in [4.69, 9.17) is 0 Å². The highest BCUT2D eigenvalue weighted by atomic mass is 31.3. The summed E-state index contributed by atoms with van der Waals surface area (Å²) in [7, 11) is -7.65. The van der Waals surface area contributed by atoms with Crippen LogP contribution in [0.5, 0.6) is 0 Å². The van der Waals surface area contributed by atoms with Gasteiger partial charge in [-0.25, -0.2) is 9.13 Å². The molecule has 1 rings (SSSR count). The average Bonchev–Trinajstić information content (AvgIpc) is 2.26. The number of nitrogens with zero attached hydrogens (tertiary/aromatic N) is 2. The van der Waals surface area contributed by atoms with E-state index in [9.17, 15) is 18.9 Å². The molecule has 14 heavy (non-hydrogen) atoms. The van der Waals surface area contributed by atoms with Crippen LogP contribution in [-0.4, -0.2) is 40.8 Å². The van der Waals surface area contributed by atoms with Crippen molar-refractivity contribution >= 4 is 21.9 Å². The van der Waals surface area contributed by atoms with Crippen LogP contribution in [0.2, 0.25) is 0 Å². The minimum Gasteiger partial charge on any atom is -0.402 e. The molecule has 0 aliphatic carbocycles. The lowest BCUT2D eigenvalue weighted by Crippen LogP contribution is -2.20. The predicted molar refractivity (Wildman–Crippen MR) is 47.8 cm³/mol. The van der Waals surface area contributed by atoms with Gasteiger partial charge in [0.15, 0.2) is 6.40 Å². The molecule has 1 heterocycles. The van der Waals surface area contributed by atoms with E-state index in [2.05, 4.69) is 14.0 Å². The molecule has 8 nitrogen and oxygen atoms in total. The van der Waals surface area contributed by atoms with Crippen molar-refractivity contribution in [1.29, 1.82) is 0 Å². The Kier molecular flexibility index (Phi) is 3.47. The minimum absolute atomic E-state index is 0.0818. The first-order valence-corrected chi connectivity index (χ1v) is 6.63. The largest absolute Gasteiger partial charge is 0.469 e. The van der Waals surface area contributed by atoms with E-state index >= 15 is 0 Å². The van der Waals surface area contributed by atoms with Crippen molar-refractivity contribution in [3.8, 4) is 0 Å². The maximum Gasteiger partial charge on any atom is 0.469 e. The lowest BCUT2D eigenvalue weighted by atomic mass is 10.7. The number of aliphatic imine (C=N–C) groups is 1. The summed E-state index contributed by atoms with van der Waals surface area (Å²) < 4.78 is 31.6. The highest BCUT2D eigenvalue weighted by Gasteiger charge is 2.44. The molecule has 0 bridgehead atoms. The Labute approximate surface area is 80.3 Å². The van der Waals surface area contributed by atoms with Crippen LogP contribution in [-0.2, 0) is 18.2 Å². The van der Waals surface area contributed by atoms with Crippen LogP contribution in [0.15, 0.2) is 4.99 Å². The molecule has 0 radical (unpaired) electrons. The third kappa shape index (κ3) is 2.42. The quantitative estimate of drug-likeness (QED) is 0.667. The second kappa shape index (κ2) is 4.10. The molecule has 0 aromatic rings. The topological polar surface area (TPSA) is 109 Å². The maximum absolute atomic E-state index is 11.3. The zero-order valence-corrected chi connectivity index (χ0v) is 9.10. The Morgan fingerprint density at radius 2 is 2.43 bits per heavy atom. The molecular weight excluding hydrogens is 234 g/mol. The van der Waals surface area contributed by atoms with Gasteiger partial charge in [-0.15, -0.1) is 0 Å². The molecule has 0 saturated heterocycles. The first-order valence-electron chi connectivity index (χ1n) is 3.56. The standard InChI is InChI=1S/C4H10N2O6P2/c1-11-13(7,8)6-3-2-5-4-12-14(6,9)10/h4H,2-3H2,1H3,(H,7,8)(H,9,10). The second-order valence-electron chi connectivity index (χ2n) is 2.38. The molecule has 2 atom stereocenters. The van der Waals surface area contributed by atoms with E-state index in [0.717, 1.165) is 13.5 Å². The van der Waals surface area contributed by atoms with Gasteiger partial charge in [0, 0.05) is 13.7 Å². The summed E-state index contributed by atoms with van der Waals surface area (Å²) in [6, 6.07) is 0. The summed E-state index contributed by atoms with van der Waals surface area (Å²) in [5.74, 6) is 0. The van der Waals surface area contributed by atoms with Gasteiger partial charge in [-0.1, -0.05) is 4.44 Å². The normalized spacial score (nSPS) is 33.1. The van der Waals surface area contributed by atoms with Crippen molar-refractivity contribution in [3.05, 3.63) is 0 Å². The summed E-state index contributed by atoms with van der Waals surface area (Å²) in [5.41, 5.74) is 0. The fourth-order valence-corrected chi connectivity index (χ4v) is 3.50. The smallest absolute Gasteiger partial charge is 0.402 e. The van der Waals surface area contributed by atoms with Crippen LogP contribution in [0, 0.1) is 0 Å². The molecule has 82 valence electrons. The van der Waals surface area contributed by atoms with E-state index in [1.807, 2.05) is 0 Å². The molecule has 0 amide bonds. The van der Waals surface area contributed by atoms with Gasteiger partial charge in [-0.05, 0) is 0 Å². The monoisotopic (exact) mass is 244 g/mol. The number of hydrogen-bond acceptors (Lipinski definition) is 5. The number of rotatable bonds is 2. The van der Waals surface area contributed by atoms with E-state index in [-0.39, 0.29) is 13.1 Å². The van der Waals surface area contributed by atoms with E-state index < -0.39 is 15.5 Å². The molecule has 0 aromatic carbocycles. The summed E-state index contributed by atoms with van der Waals surface area (Å²) >= 11 is 0. The van der Waals surface area contributed by atoms with Crippen LogP contribution in [0.4, 0.5) is 0 Å². The SMILES string of the molecule is COP(=O)(O)N1CCN=COP1(=O)O. The fourth-order valence-electron chi connectivity index (χ4n) is 0.839. The Morgan fingerprint density at radius 3 is 3.00 bits per heavy atom. The van der Waals surface area contributed by atoms with Gasteiger partial charge < -0.3 is 14.3 Å². The van der Waals surface area contributed by atoms with Gasteiger partial charge in [-0.3, -0.25) is 9.52 Å². The second-order valence-corrected chi connectivity index (χ2v) is 6.20. The Hall–Kier alpha value is -0.230. The lowest BCUT2D eigenvalue weighted by molar-refractivity contribution is 0.250. The zero-order valence-electron chi connectivity index (χ0n) is 7.31. The minimum atomic E-state index is -4.33. The molecule has 0 spiro atoms. The van der Waals surface area contributed by atoms with Gasteiger partial charge in [0.2, 0.25) is 0 Å². The van der Waals surface area contributed by atoms with Gasteiger partial charge >= 0.3 is 15.5 Å². The van der Waals surface area contributed by atoms with Crippen LogP contribution < -0.4 is 0 Å². The summed E-state index contributed by atoms with van der Waals surface area (Å²) in [6.45, 7) is -0.107. The Bertz CT molecular complexity index is 330. The Balaban J connectivity index is 2.97. The summed E-state index contributed by atoms with van der Waals surface area (Å²) in [5, 5.41) is 0. The third-order valence-corrected chi connectivity index (χ3v) is 5.28. The molecule has 1 aliphatic rings. The van der Waals surface area contributed by atoms with Crippen LogP contribution in [0.25, 0.3) is 0 Å². The summed E-state index contributed by atoms with van der Waals surface area (Å²) in [6.07, 6.45) is 0.788. The molecule has 10 heteroatoms. The fraction of sp³-hybridized carbons (Fsp3) is 0.750. The molecule has 1 aliphatic heterocycles. The van der Waals surface area contributed by atoms with Gasteiger partial charge in [0.25, 0.3) is 0 Å². The van der Waals surface area contributed by atoms with Crippen LogP contribution in [0.3, 0.4) is 0 Å². The van der Waals surface area contributed by atoms with Crippen LogP contribution in [0.1, 0.15) is 0 Å². The third-order valence-electron chi connectivity index (χ3n) is 1.51. The highest BCUT2D eigenvalue weighted by molar-refractivity contribution is 7.66. The first kappa shape index (κ1) is 11.8. The molecule has 2 unspecified atom stereocenters.